The first-order valence-electron chi connectivity index (χ1n) is 25.0. The quantitative estimate of drug-likeness (QED) is 0.0367. The molecule has 1 aliphatic carbocycles. The molecule has 0 spiro atoms. The molecule has 7 atom stereocenters. The molecule has 14 heteroatoms. The summed E-state index contributed by atoms with van der Waals surface area (Å²) in [4.78, 5) is 14.8. The highest BCUT2D eigenvalue weighted by molar-refractivity contribution is 7.47. The Labute approximate surface area is 373 Å². The van der Waals surface area contributed by atoms with E-state index in [4.69, 9.17) is 24.3 Å². The summed E-state index contributed by atoms with van der Waals surface area (Å²) < 4.78 is 37.6. The highest BCUT2D eigenvalue weighted by atomic mass is 31.2. The van der Waals surface area contributed by atoms with Gasteiger partial charge in [0.25, 0.3) is 0 Å². The smallest absolute Gasteiger partial charge is 0.385 e. The average Bonchev–Trinajstić information content (AvgIpc) is 3.49. The number of ether oxygens (including phenoxy) is 2. The molecule has 354 valence electrons. The van der Waals surface area contributed by atoms with Gasteiger partial charge in [-0.25, -0.2) is 14.1 Å². The van der Waals surface area contributed by atoms with Crippen molar-refractivity contribution in [3.63, 3.8) is 0 Å². The number of aliphatic hydroxyl groups excluding tert-OH is 1. The minimum atomic E-state index is -4.70. The van der Waals surface area contributed by atoms with Crippen molar-refractivity contribution in [3.8, 4) is 6.07 Å². The van der Waals surface area contributed by atoms with Gasteiger partial charge in [-0.3, -0.25) is 9.05 Å². The molecule has 3 heterocycles. The molecule has 2 unspecified atom stereocenters. The van der Waals surface area contributed by atoms with E-state index < -0.39 is 37.3 Å². The zero-order valence-electron chi connectivity index (χ0n) is 38.6. The molecule has 0 radical (unpaired) electrons. The number of nitriles is 1. The zero-order chi connectivity index (χ0) is 44.5. The van der Waals surface area contributed by atoms with Crippen LogP contribution in [0.1, 0.15) is 212 Å². The largest absolute Gasteiger partial charge is 0.472 e. The van der Waals surface area contributed by atoms with Gasteiger partial charge in [-0.15, -0.1) is 0 Å². The van der Waals surface area contributed by atoms with Crippen molar-refractivity contribution < 1.29 is 38.2 Å². The van der Waals surface area contributed by atoms with Crippen molar-refractivity contribution in [1.29, 1.82) is 5.26 Å². The van der Waals surface area contributed by atoms with Gasteiger partial charge in [0.2, 0.25) is 5.60 Å². The maximum Gasteiger partial charge on any atom is 0.472 e. The van der Waals surface area contributed by atoms with Gasteiger partial charge in [-0.2, -0.15) is 10.4 Å². The number of nitrogens with zero attached hydrogens (tertiary/aromatic N) is 4. The molecule has 0 bridgehead atoms. The van der Waals surface area contributed by atoms with E-state index >= 15 is 0 Å². The molecule has 4 rings (SSSR count). The number of nitrogen functional groups attached to an aromatic ring is 1. The normalized spacial score (nSPS) is 23.4. The van der Waals surface area contributed by atoms with Gasteiger partial charge in [0, 0.05) is 12.5 Å². The number of unbranched alkanes of at least 4 members (excludes halogenated alkanes) is 27. The summed E-state index contributed by atoms with van der Waals surface area (Å²) in [5, 5.41) is 37.1. The molecule has 1 saturated heterocycles. The third-order valence-corrected chi connectivity index (χ3v) is 14.1. The van der Waals surface area contributed by atoms with Gasteiger partial charge in [0.15, 0.2) is 11.4 Å². The number of fused-ring (bicyclic) bond motifs is 2. The molecule has 1 saturated carbocycles. The number of anilines is 1. The Kier molecular flexibility index (Phi) is 24.3. The molecule has 0 aromatic carbocycles. The minimum absolute atomic E-state index is 0.0518. The van der Waals surface area contributed by atoms with Crippen LogP contribution in [0.3, 0.4) is 0 Å². The molecule has 2 aromatic rings. The number of rotatable bonds is 39. The summed E-state index contributed by atoms with van der Waals surface area (Å²) in [6.07, 6.45) is 34.9. The van der Waals surface area contributed by atoms with E-state index in [9.17, 15) is 24.9 Å². The zero-order valence-corrected chi connectivity index (χ0v) is 39.5. The molecular weight excluding hydrogens is 806 g/mol. The van der Waals surface area contributed by atoms with Crippen molar-refractivity contribution in [2.45, 2.75) is 236 Å². The first kappa shape index (κ1) is 52.5. The second-order valence-corrected chi connectivity index (χ2v) is 19.8. The predicted molar refractivity (Wildman–Crippen MR) is 245 cm³/mol. The Bertz CT molecular complexity index is 1610. The monoisotopic (exact) mass is 890 g/mol. The van der Waals surface area contributed by atoms with Gasteiger partial charge in [-0.05, 0) is 25.0 Å². The Morgan fingerprint density at radius 1 is 0.790 bits per heavy atom. The van der Waals surface area contributed by atoms with Crippen molar-refractivity contribution in [2.24, 2.45) is 5.92 Å². The predicted octanol–water partition coefficient (Wildman–Crippen LogP) is 11.4. The number of hydrogen-bond donors (Lipinski definition) is 4. The Hall–Kier alpha value is -2.14. The van der Waals surface area contributed by atoms with Crippen molar-refractivity contribution in [1.82, 2.24) is 14.6 Å². The van der Waals surface area contributed by atoms with Crippen molar-refractivity contribution in [3.05, 3.63) is 24.2 Å². The molecule has 2 aliphatic rings. The number of phosphoric ester groups is 1. The van der Waals surface area contributed by atoms with Crippen molar-refractivity contribution in [2.75, 3.05) is 25.6 Å². The van der Waals surface area contributed by atoms with Crippen LogP contribution >= 0.6 is 7.82 Å². The van der Waals surface area contributed by atoms with Crippen LogP contribution in [0.5, 0.6) is 0 Å². The molecule has 2 aromatic heterocycles. The van der Waals surface area contributed by atoms with E-state index in [1.54, 1.807) is 6.07 Å². The third kappa shape index (κ3) is 16.4. The van der Waals surface area contributed by atoms with Crippen LogP contribution in [0.2, 0.25) is 0 Å². The fourth-order valence-electron chi connectivity index (χ4n) is 9.15. The van der Waals surface area contributed by atoms with E-state index in [0.717, 1.165) is 32.1 Å². The van der Waals surface area contributed by atoms with E-state index in [-0.39, 0.29) is 24.0 Å². The Morgan fingerprint density at radius 2 is 1.27 bits per heavy atom. The van der Waals surface area contributed by atoms with Crippen LogP contribution in [-0.4, -0.2) is 73.4 Å². The summed E-state index contributed by atoms with van der Waals surface area (Å²) >= 11 is 0. The fourth-order valence-corrected chi connectivity index (χ4v) is 10.2. The van der Waals surface area contributed by atoms with Gasteiger partial charge in [0.1, 0.15) is 36.2 Å². The summed E-state index contributed by atoms with van der Waals surface area (Å²) in [6, 6.07) is 5.06. The number of aliphatic hydroxyl groups is 2. The maximum atomic E-state index is 13.3. The van der Waals surface area contributed by atoms with Gasteiger partial charge in [-0.1, -0.05) is 194 Å². The van der Waals surface area contributed by atoms with E-state index in [0.29, 0.717) is 18.7 Å². The number of phosphoric acid groups is 1. The second-order valence-electron chi connectivity index (χ2n) is 18.4. The van der Waals surface area contributed by atoms with E-state index in [1.165, 1.54) is 177 Å². The number of nitrogens with two attached hydrogens (primary N) is 1. The molecule has 0 amide bonds. The third-order valence-electron chi connectivity index (χ3n) is 13.2. The van der Waals surface area contributed by atoms with E-state index in [1.807, 2.05) is 6.07 Å². The van der Waals surface area contributed by atoms with Gasteiger partial charge >= 0.3 is 7.82 Å². The standard InChI is InChI=1S/C48H84N5O8P/c1-3-5-7-9-11-13-15-17-19-20-22-24-26-28-30-32-40(36-58-35-31-29-27-25-23-21-18-16-14-12-10-8-6-4-2)37-59-62(56,57)61-44-43-48(44,55)46(54)47(38-49,60-43)42-34-33-41-45(50)51-39-52-53(41)42/h33-34,39-40,43-44,46,54-55H,3-32,35-37H2,1-2H3,(H,56,57)(H2,50,51,52)/t40-,43-,44?,46+,47+,48+/m1/s1. The first-order valence-corrected chi connectivity index (χ1v) is 26.5. The highest BCUT2D eigenvalue weighted by Gasteiger charge is 2.83. The molecular formula is C48H84N5O8P. The summed E-state index contributed by atoms with van der Waals surface area (Å²) in [5.74, 6) is 0.0491. The Balaban J connectivity index is 1.15. The second kappa shape index (κ2) is 28.7. The average molecular weight is 890 g/mol. The molecule has 62 heavy (non-hydrogen) atoms. The summed E-state index contributed by atoms with van der Waals surface area (Å²) in [5.41, 5.74) is 2.33. The van der Waals surface area contributed by atoms with Crippen LogP contribution in [0.25, 0.3) is 5.52 Å². The lowest BCUT2D eigenvalue weighted by atomic mass is 9.90. The maximum absolute atomic E-state index is 13.3. The summed E-state index contributed by atoms with van der Waals surface area (Å²) in [6.45, 7) is 5.54. The molecule has 5 N–H and O–H groups in total. The van der Waals surface area contributed by atoms with Crippen LogP contribution in [-0.2, 0) is 28.7 Å². The Morgan fingerprint density at radius 3 is 1.74 bits per heavy atom. The lowest BCUT2D eigenvalue weighted by molar-refractivity contribution is -0.106. The SMILES string of the molecule is CCCCCCCCCCCCCCCCC[C@H](COCCCCCCCCCCCCCCCC)COP(=O)(O)OC1[C@H]2O[C@@](C#N)(c3ccc4c(N)ncnn34)[C@H](O)[C@@]12O. The topological polar surface area (TPSA) is 195 Å². The lowest BCUT2D eigenvalue weighted by Crippen LogP contribution is -2.47. The van der Waals surface area contributed by atoms with Crippen LogP contribution in [0.4, 0.5) is 5.82 Å². The summed E-state index contributed by atoms with van der Waals surface area (Å²) in [7, 11) is -4.70. The lowest BCUT2D eigenvalue weighted by Gasteiger charge is -2.29. The molecule has 13 nitrogen and oxygen atoms in total. The van der Waals surface area contributed by atoms with Crippen LogP contribution in [0, 0.1) is 17.2 Å². The van der Waals surface area contributed by atoms with E-state index in [2.05, 4.69) is 23.9 Å². The van der Waals surface area contributed by atoms with Crippen LogP contribution in [0.15, 0.2) is 18.5 Å². The van der Waals surface area contributed by atoms with Crippen molar-refractivity contribution >= 4 is 19.2 Å². The van der Waals surface area contributed by atoms with Gasteiger partial charge < -0.3 is 30.3 Å². The molecule has 2 fully saturated rings. The number of hydrogen-bond acceptors (Lipinski definition) is 11. The number of aromatic nitrogens is 3. The minimum Gasteiger partial charge on any atom is -0.385 e. The van der Waals surface area contributed by atoms with Gasteiger partial charge in [0.05, 0.1) is 18.9 Å². The fraction of sp³-hybridized carbons (Fsp3) is 0.854. The van der Waals surface area contributed by atoms with Crippen LogP contribution < -0.4 is 5.73 Å². The molecule has 1 aliphatic heterocycles. The first-order chi connectivity index (χ1) is 30.1. The highest BCUT2D eigenvalue weighted by Crippen LogP contribution is 2.63.